The fourth-order valence-corrected chi connectivity index (χ4v) is 2.62. The number of ether oxygens (including phenoxy) is 1. The molecule has 1 fully saturated rings. The van der Waals surface area contributed by atoms with E-state index >= 15 is 0 Å². The molecule has 0 aliphatic carbocycles. The van der Waals surface area contributed by atoms with Crippen molar-refractivity contribution in [1.82, 2.24) is 15.0 Å². The van der Waals surface area contributed by atoms with Gasteiger partial charge in [-0.25, -0.2) is 4.98 Å². The number of nitrogens with zero attached hydrogens (tertiary/aromatic N) is 4. The molecule has 1 saturated heterocycles. The smallest absolute Gasteiger partial charge is 0.224 e. The topological polar surface area (TPSA) is 63.2 Å². The van der Waals surface area contributed by atoms with Crippen LogP contribution in [0.3, 0.4) is 0 Å². The van der Waals surface area contributed by atoms with E-state index in [1.54, 1.807) is 6.20 Å². The molecule has 0 amide bonds. The van der Waals surface area contributed by atoms with Crippen LogP contribution in [-0.4, -0.2) is 47.8 Å². The van der Waals surface area contributed by atoms with Gasteiger partial charge in [0, 0.05) is 45.3 Å². The first-order valence-corrected chi connectivity index (χ1v) is 8.10. The molecular weight excluding hydrogens is 290 g/mol. The summed E-state index contributed by atoms with van der Waals surface area (Å²) in [6.45, 7) is 2.53. The summed E-state index contributed by atoms with van der Waals surface area (Å²) >= 11 is 0. The first-order valence-electron chi connectivity index (χ1n) is 8.10. The third-order valence-corrected chi connectivity index (χ3v) is 4.03. The molecule has 6 nitrogen and oxygen atoms in total. The molecular formula is C17H23N5O. The van der Waals surface area contributed by atoms with E-state index in [0.717, 1.165) is 44.8 Å². The number of pyridine rings is 1. The van der Waals surface area contributed by atoms with Crippen LogP contribution in [0.25, 0.3) is 0 Å². The van der Waals surface area contributed by atoms with E-state index in [4.69, 9.17) is 4.74 Å². The van der Waals surface area contributed by atoms with Crippen molar-refractivity contribution in [2.24, 2.45) is 0 Å². The lowest BCUT2D eigenvalue weighted by molar-refractivity contribution is 0.120. The largest absolute Gasteiger partial charge is 0.376 e. The third-order valence-electron chi connectivity index (χ3n) is 4.03. The van der Waals surface area contributed by atoms with Crippen molar-refractivity contribution in [3.05, 3.63) is 42.4 Å². The summed E-state index contributed by atoms with van der Waals surface area (Å²) in [6, 6.07) is 6.02. The maximum atomic E-state index is 5.61. The number of nitrogens with one attached hydrogen (secondary N) is 1. The van der Waals surface area contributed by atoms with Gasteiger partial charge in [-0.1, -0.05) is 0 Å². The van der Waals surface area contributed by atoms with Crippen molar-refractivity contribution in [1.29, 1.82) is 0 Å². The molecule has 6 heteroatoms. The minimum atomic E-state index is 0.284. The van der Waals surface area contributed by atoms with Crippen LogP contribution in [0.2, 0.25) is 0 Å². The monoisotopic (exact) mass is 313 g/mol. The summed E-state index contributed by atoms with van der Waals surface area (Å²) in [6.07, 6.45) is 8.95. The Morgan fingerprint density at radius 1 is 1.26 bits per heavy atom. The van der Waals surface area contributed by atoms with E-state index < -0.39 is 0 Å². The minimum Gasteiger partial charge on any atom is -0.376 e. The maximum Gasteiger partial charge on any atom is 0.224 e. The van der Waals surface area contributed by atoms with Crippen LogP contribution in [0.4, 0.5) is 11.8 Å². The summed E-state index contributed by atoms with van der Waals surface area (Å²) in [5.41, 5.74) is 1.28. The summed E-state index contributed by atoms with van der Waals surface area (Å²) in [7, 11) is 2.05. The molecule has 1 unspecified atom stereocenters. The second-order valence-corrected chi connectivity index (χ2v) is 5.78. The van der Waals surface area contributed by atoms with Gasteiger partial charge in [-0.2, -0.15) is 4.98 Å². The highest BCUT2D eigenvalue weighted by Crippen LogP contribution is 2.14. The second kappa shape index (κ2) is 7.87. The van der Waals surface area contributed by atoms with E-state index in [0.29, 0.717) is 5.95 Å². The quantitative estimate of drug-likeness (QED) is 0.845. The van der Waals surface area contributed by atoms with Gasteiger partial charge in [0.15, 0.2) is 0 Å². The molecule has 0 bridgehead atoms. The first-order chi connectivity index (χ1) is 11.3. The van der Waals surface area contributed by atoms with Crippen molar-refractivity contribution < 1.29 is 4.74 Å². The van der Waals surface area contributed by atoms with Crippen molar-refractivity contribution in [2.45, 2.75) is 25.4 Å². The maximum absolute atomic E-state index is 5.61. The molecule has 3 heterocycles. The van der Waals surface area contributed by atoms with Crippen LogP contribution in [0.1, 0.15) is 18.4 Å². The van der Waals surface area contributed by atoms with Crippen LogP contribution in [-0.2, 0) is 11.2 Å². The lowest BCUT2D eigenvalue weighted by Gasteiger charge is -2.19. The molecule has 0 saturated carbocycles. The Morgan fingerprint density at radius 3 is 2.91 bits per heavy atom. The Kier molecular flexibility index (Phi) is 5.37. The number of rotatable bonds is 7. The number of anilines is 2. The fourth-order valence-electron chi connectivity index (χ4n) is 2.62. The lowest BCUT2D eigenvalue weighted by Crippen LogP contribution is -2.23. The van der Waals surface area contributed by atoms with Crippen molar-refractivity contribution in [3.8, 4) is 0 Å². The molecule has 23 heavy (non-hydrogen) atoms. The number of aromatic nitrogens is 3. The average molecular weight is 313 g/mol. The van der Waals surface area contributed by atoms with Gasteiger partial charge in [-0.15, -0.1) is 0 Å². The summed E-state index contributed by atoms with van der Waals surface area (Å²) in [4.78, 5) is 15.1. The lowest BCUT2D eigenvalue weighted by atomic mass is 10.2. The zero-order chi connectivity index (χ0) is 15.9. The number of likely N-dealkylation sites (N-methyl/N-ethyl adjacent to an activating group) is 1. The van der Waals surface area contributed by atoms with Crippen LogP contribution in [0.15, 0.2) is 36.8 Å². The molecule has 1 aliphatic rings. The number of hydrogen-bond acceptors (Lipinski definition) is 6. The van der Waals surface area contributed by atoms with Crippen molar-refractivity contribution >= 4 is 11.8 Å². The molecule has 1 atom stereocenters. The summed E-state index contributed by atoms with van der Waals surface area (Å²) in [5.74, 6) is 1.58. The van der Waals surface area contributed by atoms with Gasteiger partial charge in [-0.05, 0) is 43.0 Å². The predicted octanol–water partition coefficient (Wildman–Crippen LogP) is 2.14. The van der Waals surface area contributed by atoms with E-state index in [-0.39, 0.29) is 6.10 Å². The Morgan fingerprint density at radius 2 is 2.13 bits per heavy atom. The molecule has 0 aromatic carbocycles. The Bertz CT molecular complexity index is 601. The SMILES string of the molecule is CN(CCc1ccncc1)c1ccnc(NCC2CCCO2)n1. The molecule has 0 spiro atoms. The van der Waals surface area contributed by atoms with E-state index in [1.165, 1.54) is 5.56 Å². The van der Waals surface area contributed by atoms with Crippen molar-refractivity contribution in [2.75, 3.05) is 37.0 Å². The Balaban J connectivity index is 1.53. The van der Waals surface area contributed by atoms with E-state index in [1.807, 2.05) is 37.6 Å². The average Bonchev–Trinajstić information content (AvgIpc) is 3.12. The first kappa shape index (κ1) is 15.7. The fraction of sp³-hybridized carbons (Fsp3) is 0.471. The van der Waals surface area contributed by atoms with Crippen LogP contribution in [0, 0.1) is 0 Å². The van der Waals surface area contributed by atoms with Gasteiger partial charge < -0.3 is 15.0 Å². The van der Waals surface area contributed by atoms with Crippen LogP contribution >= 0.6 is 0 Å². The van der Waals surface area contributed by atoms with Crippen LogP contribution in [0.5, 0.6) is 0 Å². The Labute approximate surface area is 136 Å². The molecule has 2 aromatic rings. The van der Waals surface area contributed by atoms with Gasteiger partial charge in [0.05, 0.1) is 6.10 Å². The minimum absolute atomic E-state index is 0.284. The molecule has 1 aliphatic heterocycles. The highest BCUT2D eigenvalue weighted by Gasteiger charge is 2.15. The van der Waals surface area contributed by atoms with E-state index in [9.17, 15) is 0 Å². The van der Waals surface area contributed by atoms with Gasteiger partial charge in [0.1, 0.15) is 5.82 Å². The highest BCUT2D eigenvalue weighted by molar-refractivity contribution is 5.41. The molecule has 3 rings (SSSR count). The van der Waals surface area contributed by atoms with Gasteiger partial charge in [-0.3, -0.25) is 4.98 Å². The molecule has 0 radical (unpaired) electrons. The van der Waals surface area contributed by atoms with Gasteiger partial charge in [0.25, 0.3) is 0 Å². The van der Waals surface area contributed by atoms with Crippen LogP contribution < -0.4 is 10.2 Å². The summed E-state index contributed by atoms with van der Waals surface area (Å²) < 4.78 is 5.61. The van der Waals surface area contributed by atoms with Crippen molar-refractivity contribution in [3.63, 3.8) is 0 Å². The molecule has 122 valence electrons. The van der Waals surface area contributed by atoms with E-state index in [2.05, 4.69) is 25.2 Å². The molecule has 1 N–H and O–H groups in total. The van der Waals surface area contributed by atoms with Gasteiger partial charge >= 0.3 is 0 Å². The second-order valence-electron chi connectivity index (χ2n) is 5.78. The summed E-state index contributed by atoms with van der Waals surface area (Å²) in [5, 5.41) is 3.27. The normalized spacial score (nSPS) is 17.2. The Hall–Kier alpha value is -2.21. The zero-order valence-corrected chi connectivity index (χ0v) is 13.5. The third kappa shape index (κ3) is 4.63. The standard InChI is InChI=1S/C17H23N5O/c1-22(11-7-14-4-8-18-9-5-14)16-6-10-19-17(21-16)20-13-15-3-2-12-23-15/h4-6,8-10,15H,2-3,7,11-13H2,1H3,(H,19,20,21). The van der Waals surface area contributed by atoms with Gasteiger partial charge in [0.2, 0.25) is 5.95 Å². The predicted molar refractivity (Wildman–Crippen MR) is 90.7 cm³/mol. The number of hydrogen-bond donors (Lipinski definition) is 1. The molecule has 2 aromatic heterocycles. The zero-order valence-electron chi connectivity index (χ0n) is 13.5. The highest BCUT2D eigenvalue weighted by atomic mass is 16.5.